The van der Waals surface area contributed by atoms with Gasteiger partial charge in [-0.2, -0.15) is 0 Å². The maximum Gasteiger partial charge on any atom is 0.134 e. The first-order chi connectivity index (χ1) is 8.31. The molecule has 0 amide bonds. The summed E-state index contributed by atoms with van der Waals surface area (Å²) in [7, 11) is 0. The van der Waals surface area contributed by atoms with Crippen LogP contribution in [0.3, 0.4) is 0 Å². The van der Waals surface area contributed by atoms with E-state index >= 15 is 0 Å². The summed E-state index contributed by atoms with van der Waals surface area (Å²) >= 11 is 3.54. The van der Waals surface area contributed by atoms with Crippen molar-refractivity contribution in [3.05, 3.63) is 22.6 Å². The minimum absolute atomic E-state index is 0.297. The van der Waals surface area contributed by atoms with Gasteiger partial charge in [0.25, 0.3) is 0 Å². The second kappa shape index (κ2) is 6.57. The Hall–Kier alpha value is -0.320. The monoisotopic (exact) mass is 301 g/mol. The predicted octanol–water partition coefficient (Wildman–Crippen LogP) is 3.51. The molecule has 0 saturated carbocycles. The van der Waals surface area contributed by atoms with Crippen LogP contribution in [-0.2, 0) is 4.74 Å². The summed E-state index contributed by atoms with van der Waals surface area (Å²) in [5.74, 6) is 1.67. The lowest BCUT2D eigenvalue weighted by atomic mass is 9.97. The second-order valence-corrected chi connectivity index (χ2v) is 5.46. The van der Waals surface area contributed by atoms with Crippen LogP contribution in [0.15, 0.2) is 21.2 Å². The van der Waals surface area contributed by atoms with E-state index in [0.29, 0.717) is 12.0 Å². The second-order valence-electron chi connectivity index (χ2n) is 4.60. The highest BCUT2D eigenvalue weighted by Gasteiger charge is 2.24. The van der Waals surface area contributed by atoms with Crippen molar-refractivity contribution in [2.45, 2.75) is 32.2 Å². The molecule has 0 radical (unpaired) electrons. The summed E-state index contributed by atoms with van der Waals surface area (Å²) < 4.78 is 12.1. The molecule has 1 aliphatic heterocycles. The molecule has 1 aromatic heterocycles. The molecule has 3 nitrogen and oxygen atoms in total. The minimum Gasteiger partial charge on any atom is -0.466 e. The van der Waals surface area contributed by atoms with Crippen molar-refractivity contribution in [1.29, 1.82) is 0 Å². The molecule has 1 fully saturated rings. The van der Waals surface area contributed by atoms with E-state index < -0.39 is 0 Å². The van der Waals surface area contributed by atoms with E-state index in [9.17, 15) is 0 Å². The maximum absolute atomic E-state index is 5.58. The van der Waals surface area contributed by atoms with Crippen molar-refractivity contribution in [3.8, 4) is 0 Å². The van der Waals surface area contributed by atoms with Gasteiger partial charge in [0.15, 0.2) is 0 Å². The molecular formula is C13H20BrNO2. The summed E-state index contributed by atoms with van der Waals surface area (Å²) in [6.07, 6.45) is 5.13. The lowest BCUT2D eigenvalue weighted by Gasteiger charge is -2.19. The molecule has 0 bridgehead atoms. The molecule has 0 spiro atoms. The van der Waals surface area contributed by atoms with Crippen LogP contribution >= 0.6 is 15.9 Å². The zero-order valence-electron chi connectivity index (χ0n) is 10.2. The van der Waals surface area contributed by atoms with Crippen LogP contribution < -0.4 is 5.32 Å². The highest BCUT2D eigenvalue weighted by Crippen LogP contribution is 2.31. The first-order valence-electron chi connectivity index (χ1n) is 6.35. The van der Waals surface area contributed by atoms with Crippen LogP contribution in [0, 0.1) is 5.92 Å². The van der Waals surface area contributed by atoms with Gasteiger partial charge in [-0.1, -0.05) is 6.92 Å². The Balaban J connectivity index is 1.99. The van der Waals surface area contributed by atoms with Gasteiger partial charge in [-0.25, -0.2) is 0 Å². The van der Waals surface area contributed by atoms with Gasteiger partial charge >= 0.3 is 0 Å². The summed E-state index contributed by atoms with van der Waals surface area (Å²) in [4.78, 5) is 0. The number of halogens is 1. The molecule has 1 aliphatic rings. The Morgan fingerprint density at radius 1 is 1.59 bits per heavy atom. The van der Waals surface area contributed by atoms with Crippen LogP contribution in [0.4, 0.5) is 0 Å². The van der Waals surface area contributed by atoms with Crippen molar-refractivity contribution in [2.24, 2.45) is 5.92 Å². The molecule has 2 rings (SSSR count). The smallest absolute Gasteiger partial charge is 0.134 e. The molecule has 96 valence electrons. The van der Waals surface area contributed by atoms with Crippen molar-refractivity contribution in [1.82, 2.24) is 5.32 Å². The molecule has 4 heteroatoms. The van der Waals surface area contributed by atoms with Gasteiger partial charge in [-0.15, -0.1) is 0 Å². The fourth-order valence-electron chi connectivity index (χ4n) is 2.26. The lowest BCUT2D eigenvalue weighted by Crippen LogP contribution is -2.24. The van der Waals surface area contributed by atoms with Gasteiger partial charge in [-0.05, 0) is 53.7 Å². The molecule has 2 unspecified atom stereocenters. The third kappa shape index (κ3) is 3.57. The van der Waals surface area contributed by atoms with Crippen LogP contribution in [0.25, 0.3) is 0 Å². The van der Waals surface area contributed by atoms with Crippen molar-refractivity contribution < 1.29 is 9.15 Å². The lowest BCUT2D eigenvalue weighted by molar-refractivity contribution is 0.180. The highest BCUT2D eigenvalue weighted by atomic mass is 79.9. The Morgan fingerprint density at radius 2 is 2.47 bits per heavy atom. The quantitative estimate of drug-likeness (QED) is 0.873. The standard InChI is InChI=1S/C13H20BrNO2/c1-2-5-15-12(8-10-3-6-16-9-10)13-11(14)4-7-17-13/h4,7,10,12,15H,2-3,5-6,8-9H2,1H3. The van der Waals surface area contributed by atoms with E-state index in [1.807, 2.05) is 6.07 Å². The van der Waals surface area contributed by atoms with Crippen molar-refractivity contribution in [3.63, 3.8) is 0 Å². The molecule has 2 heterocycles. The van der Waals surface area contributed by atoms with Crippen LogP contribution in [-0.4, -0.2) is 19.8 Å². The third-order valence-corrected chi connectivity index (χ3v) is 3.85. The number of ether oxygens (including phenoxy) is 1. The summed E-state index contributed by atoms with van der Waals surface area (Å²) in [5.41, 5.74) is 0. The zero-order valence-corrected chi connectivity index (χ0v) is 11.8. The Labute approximate surface area is 111 Å². The van der Waals surface area contributed by atoms with E-state index in [4.69, 9.17) is 9.15 Å². The normalized spacial score (nSPS) is 21.9. The first kappa shape index (κ1) is 13.1. The number of nitrogens with one attached hydrogen (secondary N) is 1. The first-order valence-corrected chi connectivity index (χ1v) is 7.14. The molecule has 2 atom stereocenters. The number of furan rings is 1. The summed E-state index contributed by atoms with van der Waals surface area (Å²) in [6, 6.07) is 2.26. The minimum atomic E-state index is 0.297. The van der Waals surface area contributed by atoms with E-state index in [1.165, 1.54) is 6.42 Å². The topological polar surface area (TPSA) is 34.4 Å². The van der Waals surface area contributed by atoms with E-state index in [-0.39, 0.29) is 0 Å². The van der Waals surface area contributed by atoms with Crippen molar-refractivity contribution in [2.75, 3.05) is 19.8 Å². The van der Waals surface area contributed by atoms with Crippen molar-refractivity contribution >= 4 is 15.9 Å². The Kier molecular flexibility index (Phi) is 5.07. The highest BCUT2D eigenvalue weighted by molar-refractivity contribution is 9.10. The molecule has 0 aromatic carbocycles. The largest absolute Gasteiger partial charge is 0.466 e. The molecule has 17 heavy (non-hydrogen) atoms. The molecule has 1 aromatic rings. The number of hydrogen-bond acceptors (Lipinski definition) is 3. The van der Waals surface area contributed by atoms with Gasteiger partial charge in [0.1, 0.15) is 5.76 Å². The number of hydrogen-bond donors (Lipinski definition) is 1. The fourth-order valence-corrected chi connectivity index (χ4v) is 2.74. The predicted molar refractivity (Wildman–Crippen MR) is 71.0 cm³/mol. The molecule has 1 N–H and O–H groups in total. The maximum atomic E-state index is 5.58. The average Bonchev–Trinajstić information content (AvgIpc) is 2.95. The third-order valence-electron chi connectivity index (χ3n) is 3.20. The SMILES string of the molecule is CCCNC(CC1CCOC1)c1occc1Br. The summed E-state index contributed by atoms with van der Waals surface area (Å²) in [5, 5.41) is 3.56. The number of rotatable bonds is 6. The molecule has 0 aliphatic carbocycles. The van der Waals surface area contributed by atoms with Gasteiger partial charge in [0, 0.05) is 13.2 Å². The van der Waals surface area contributed by atoms with Gasteiger partial charge < -0.3 is 14.5 Å². The zero-order chi connectivity index (χ0) is 12.1. The van der Waals surface area contributed by atoms with Crippen LogP contribution in [0.2, 0.25) is 0 Å². The van der Waals surface area contributed by atoms with Gasteiger partial charge in [-0.3, -0.25) is 0 Å². The Morgan fingerprint density at radius 3 is 3.06 bits per heavy atom. The van der Waals surface area contributed by atoms with E-state index in [2.05, 4.69) is 28.2 Å². The Bertz CT molecular complexity index is 334. The molecular weight excluding hydrogens is 282 g/mol. The van der Waals surface area contributed by atoms with Crippen LogP contribution in [0.5, 0.6) is 0 Å². The summed E-state index contributed by atoms with van der Waals surface area (Å²) in [6.45, 7) is 5.00. The van der Waals surface area contributed by atoms with Crippen LogP contribution in [0.1, 0.15) is 38.0 Å². The van der Waals surface area contributed by atoms with E-state index in [0.717, 1.165) is 42.8 Å². The molecule has 1 saturated heterocycles. The average molecular weight is 302 g/mol. The van der Waals surface area contributed by atoms with Gasteiger partial charge in [0.05, 0.1) is 16.8 Å². The fraction of sp³-hybridized carbons (Fsp3) is 0.692. The van der Waals surface area contributed by atoms with Gasteiger partial charge in [0.2, 0.25) is 0 Å². The van der Waals surface area contributed by atoms with E-state index in [1.54, 1.807) is 6.26 Å².